The predicted octanol–water partition coefficient (Wildman–Crippen LogP) is 4.27. The van der Waals surface area contributed by atoms with Crippen LogP contribution in [0.15, 0.2) is 22.7 Å². The van der Waals surface area contributed by atoms with Crippen molar-refractivity contribution in [1.29, 1.82) is 0 Å². The second-order valence-electron chi connectivity index (χ2n) is 3.86. The van der Waals surface area contributed by atoms with Gasteiger partial charge in [-0.1, -0.05) is 15.9 Å². The van der Waals surface area contributed by atoms with E-state index in [4.69, 9.17) is 4.74 Å². The minimum atomic E-state index is -4.28. The zero-order chi connectivity index (χ0) is 11.8. The molecule has 1 nitrogen and oxygen atoms in total. The van der Waals surface area contributed by atoms with Gasteiger partial charge in [-0.15, -0.1) is 0 Å². The van der Waals surface area contributed by atoms with Gasteiger partial charge >= 0.3 is 6.18 Å². The molecular weight excluding hydrogens is 285 g/mol. The average molecular weight is 295 g/mol. The number of ether oxygens (including phenoxy) is 1. The van der Waals surface area contributed by atoms with Crippen LogP contribution in [0.5, 0.6) is 5.75 Å². The summed E-state index contributed by atoms with van der Waals surface area (Å²) < 4.78 is 41.8. The van der Waals surface area contributed by atoms with E-state index in [0.29, 0.717) is 11.7 Å². The van der Waals surface area contributed by atoms with Crippen molar-refractivity contribution in [2.45, 2.75) is 24.9 Å². The van der Waals surface area contributed by atoms with Gasteiger partial charge < -0.3 is 4.74 Å². The molecule has 0 N–H and O–H groups in total. The molecule has 0 radical (unpaired) electrons. The molecule has 0 bridgehead atoms. The van der Waals surface area contributed by atoms with Gasteiger partial charge in [0.25, 0.3) is 0 Å². The zero-order valence-electron chi connectivity index (χ0n) is 8.35. The molecule has 1 fully saturated rings. The van der Waals surface area contributed by atoms with Crippen LogP contribution in [0.25, 0.3) is 0 Å². The fraction of sp³-hybridized carbons (Fsp3) is 0.455. The molecule has 2 rings (SSSR count). The molecule has 0 unspecified atom stereocenters. The van der Waals surface area contributed by atoms with E-state index in [9.17, 15) is 13.2 Å². The Kier molecular flexibility index (Phi) is 3.15. The van der Waals surface area contributed by atoms with Crippen LogP contribution in [0.1, 0.15) is 24.3 Å². The summed E-state index contributed by atoms with van der Waals surface area (Å²) >= 11 is 3.31. The minimum Gasteiger partial charge on any atom is -0.484 e. The molecule has 0 aliphatic heterocycles. The SMILES string of the molecule is FC(F)(F)COc1ccc(Br)cc1C1CC1. The smallest absolute Gasteiger partial charge is 0.422 e. The van der Waals surface area contributed by atoms with Crippen molar-refractivity contribution in [2.24, 2.45) is 0 Å². The molecule has 1 aromatic carbocycles. The lowest BCUT2D eigenvalue weighted by Gasteiger charge is -2.13. The maximum absolute atomic E-state index is 12.0. The zero-order valence-corrected chi connectivity index (χ0v) is 9.94. The quantitative estimate of drug-likeness (QED) is 0.809. The Hall–Kier alpha value is -0.710. The molecule has 1 aliphatic rings. The molecule has 0 amide bonds. The Labute approximate surface area is 99.7 Å². The summed E-state index contributed by atoms with van der Waals surface area (Å²) in [5.41, 5.74) is 0.874. The maximum Gasteiger partial charge on any atom is 0.422 e. The molecule has 0 saturated heterocycles. The minimum absolute atomic E-state index is 0.350. The van der Waals surface area contributed by atoms with Crippen molar-refractivity contribution in [2.75, 3.05) is 6.61 Å². The number of hydrogen-bond donors (Lipinski definition) is 0. The van der Waals surface area contributed by atoms with Crippen LogP contribution in [0, 0.1) is 0 Å². The highest BCUT2D eigenvalue weighted by atomic mass is 79.9. The first-order chi connectivity index (χ1) is 7.46. The van der Waals surface area contributed by atoms with Gasteiger partial charge in [-0.2, -0.15) is 13.2 Å². The van der Waals surface area contributed by atoms with Crippen LogP contribution >= 0.6 is 15.9 Å². The first-order valence-electron chi connectivity index (χ1n) is 4.95. The van der Waals surface area contributed by atoms with E-state index < -0.39 is 12.8 Å². The summed E-state index contributed by atoms with van der Waals surface area (Å²) in [4.78, 5) is 0. The summed E-state index contributed by atoms with van der Waals surface area (Å²) in [7, 11) is 0. The van der Waals surface area contributed by atoms with Gasteiger partial charge in [0.2, 0.25) is 0 Å². The van der Waals surface area contributed by atoms with E-state index in [1.807, 2.05) is 6.07 Å². The topological polar surface area (TPSA) is 9.23 Å². The van der Waals surface area contributed by atoms with Crippen LogP contribution < -0.4 is 4.74 Å². The highest BCUT2D eigenvalue weighted by Gasteiger charge is 2.31. The third-order valence-electron chi connectivity index (χ3n) is 2.38. The standard InChI is InChI=1S/C11H10BrF3O/c12-8-3-4-10(16-6-11(13,14)15)9(5-8)7-1-2-7/h3-5,7H,1-2,6H2. The van der Waals surface area contributed by atoms with E-state index in [-0.39, 0.29) is 0 Å². The molecule has 1 saturated carbocycles. The van der Waals surface area contributed by atoms with Gasteiger partial charge in [-0.3, -0.25) is 0 Å². The molecule has 5 heteroatoms. The van der Waals surface area contributed by atoms with Crippen molar-refractivity contribution < 1.29 is 17.9 Å². The van der Waals surface area contributed by atoms with Crippen molar-refractivity contribution in [3.05, 3.63) is 28.2 Å². The van der Waals surface area contributed by atoms with Crippen molar-refractivity contribution in [1.82, 2.24) is 0 Å². The molecule has 0 aromatic heterocycles. The van der Waals surface area contributed by atoms with Gasteiger partial charge in [-0.05, 0) is 42.5 Å². The normalized spacial score (nSPS) is 16.2. The molecule has 0 heterocycles. The second kappa shape index (κ2) is 4.28. The fourth-order valence-corrected chi connectivity index (χ4v) is 1.90. The summed E-state index contributed by atoms with van der Waals surface area (Å²) in [6, 6.07) is 5.12. The van der Waals surface area contributed by atoms with Gasteiger partial charge in [0, 0.05) is 4.47 Å². The lowest BCUT2D eigenvalue weighted by molar-refractivity contribution is -0.153. The largest absolute Gasteiger partial charge is 0.484 e. The van der Waals surface area contributed by atoms with Crippen LogP contribution in [0.4, 0.5) is 13.2 Å². The van der Waals surface area contributed by atoms with Gasteiger partial charge in [0.1, 0.15) is 5.75 Å². The summed E-state index contributed by atoms with van der Waals surface area (Å²) in [5.74, 6) is 0.712. The molecule has 88 valence electrons. The lowest BCUT2D eigenvalue weighted by Crippen LogP contribution is -2.19. The number of benzene rings is 1. The van der Waals surface area contributed by atoms with E-state index in [1.54, 1.807) is 12.1 Å². The lowest BCUT2D eigenvalue weighted by atomic mass is 10.1. The Morgan fingerprint density at radius 3 is 2.56 bits per heavy atom. The highest BCUT2D eigenvalue weighted by molar-refractivity contribution is 9.10. The first kappa shape index (κ1) is 11.8. The third kappa shape index (κ3) is 3.14. The number of alkyl halides is 3. The van der Waals surface area contributed by atoms with E-state index in [0.717, 1.165) is 22.9 Å². The van der Waals surface area contributed by atoms with Crippen LogP contribution in [0.2, 0.25) is 0 Å². The Morgan fingerprint density at radius 2 is 2.00 bits per heavy atom. The van der Waals surface area contributed by atoms with Gasteiger partial charge in [0.15, 0.2) is 6.61 Å². The fourth-order valence-electron chi connectivity index (χ4n) is 1.52. The Morgan fingerprint density at radius 1 is 1.31 bits per heavy atom. The third-order valence-corrected chi connectivity index (χ3v) is 2.87. The predicted molar refractivity (Wildman–Crippen MR) is 57.7 cm³/mol. The molecular formula is C11H10BrF3O. The number of hydrogen-bond acceptors (Lipinski definition) is 1. The molecule has 0 spiro atoms. The highest BCUT2D eigenvalue weighted by Crippen LogP contribution is 2.45. The monoisotopic (exact) mass is 294 g/mol. The summed E-state index contributed by atoms with van der Waals surface area (Å²) in [6.45, 7) is -1.23. The van der Waals surface area contributed by atoms with E-state index in [2.05, 4.69) is 15.9 Å². The summed E-state index contributed by atoms with van der Waals surface area (Å²) in [5, 5.41) is 0. The first-order valence-corrected chi connectivity index (χ1v) is 5.74. The van der Waals surface area contributed by atoms with Gasteiger partial charge in [0.05, 0.1) is 0 Å². The Balaban J connectivity index is 2.13. The average Bonchev–Trinajstić information content (AvgIpc) is 2.97. The van der Waals surface area contributed by atoms with Crippen molar-refractivity contribution >= 4 is 15.9 Å². The Bertz CT molecular complexity index is 385. The number of halogens is 4. The molecule has 0 atom stereocenters. The van der Waals surface area contributed by atoms with Crippen LogP contribution in [0.3, 0.4) is 0 Å². The maximum atomic E-state index is 12.0. The van der Waals surface area contributed by atoms with Gasteiger partial charge in [-0.25, -0.2) is 0 Å². The molecule has 1 aliphatic carbocycles. The van der Waals surface area contributed by atoms with Crippen molar-refractivity contribution in [3.8, 4) is 5.75 Å². The van der Waals surface area contributed by atoms with E-state index >= 15 is 0 Å². The van der Waals surface area contributed by atoms with Crippen LogP contribution in [-0.2, 0) is 0 Å². The number of rotatable bonds is 3. The second-order valence-corrected chi connectivity index (χ2v) is 4.78. The summed E-state index contributed by atoms with van der Waals surface area (Å²) in [6.07, 6.45) is -2.23. The van der Waals surface area contributed by atoms with Crippen molar-refractivity contribution in [3.63, 3.8) is 0 Å². The molecule has 1 aromatic rings. The van der Waals surface area contributed by atoms with E-state index in [1.165, 1.54) is 0 Å². The molecule has 16 heavy (non-hydrogen) atoms. The van der Waals surface area contributed by atoms with Crippen LogP contribution in [-0.4, -0.2) is 12.8 Å².